The summed E-state index contributed by atoms with van der Waals surface area (Å²) >= 11 is 0. The van der Waals surface area contributed by atoms with Gasteiger partial charge in [-0.25, -0.2) is 4.79 Å². The number of amides is 1. The van der Waals surface area contributed by atoms with E-state index < -0.39 is 0 Å². The fourth-order valence-electron chi connectivity index (χ4n) is 7.03. The number of hydrogen-bond donors (Lipinski definition) is 0. The van der Waals surface area contributed by atoms with Crippen molar-refractivity contribution in [3.63, 3.8) is 0 Å². The van der Waals surface area contributed by atoms with Crippen LogP contribution >= 0.6 is 0 Å². The lowest BCUT2D eigenvalue weighted by molar-refractivity contribution is 0.00578. The predicted octanol–water partition coefficient (Wildman–Crippen LogP) is 6.95. The maximum absolute atomic E-state index is 13.6. The molecule has 2 bridgehead atoms. The first-order chi connectivity index (χ1) is 19.7. The largest absolute Gasteiger partial charge is 0.494 e. The maximum atomic E-state index is 13.6. The van der Waals surface area contributed by atoms with E-state index in [4.69, 9.17) is 14.0 Å². The third-order valence-electron chi connectivity index (χ3n) is 9.99. The summed E-state index contributed by atoms with van der Waals surface area (Å²) in [6.07, 6.45) is 6.05. The second-order valence-electron chi connectivity index (χ2n) is 13.0. The Morgan fingerprint density at radius 3 is 2.10 bits per heavy atom. The molecule has 0 aromatic heterocycles. The lowest BCUT2D eigenvalue weighted by Gasteiger charge is -2.44. The van der Waals surface area contributed by atoms with Crippen LogP contribution in [-0.4, -0.2) is 48.0 Å². The Kier molecular flexibility index (Phi) is 6.40. The van der Waals surface area contributed by atoms with Gasteiger partial charge in [-0.1, -0.05) is 78.9 Å². The molecular weight excluding hydrogens is 509 g/mol. The number of carbonyl (C=O) groups excluding carboxylic acids is 1. The number of carbonyl (C=O) groups is 1. The molecule has 3 aliphatic heterocycles. The molecule has 7 rings (SSSR count). The molecule has 3 aromatic rings. The summed E-state index contributed by atoms with van der Waals surface area (Å²) in [6, 6.07) is 25.8. The highest BCUT2D eigenvalue weighted by Crippen LogP contribution is 2.45. The lowest BCUT2D eigenvalue weighted by atomic mass is 9.77. The second-order valence-corrected chi connectivity index (χ2v) is 13.0. The molecule has 3 aromatic carbocycles. The average molecular weight is 548 g/mol. The molecule has 0 radical (unpaired) electrons. The molecular formula is C35H38BNO4. The van der Waals surface area contributed by atoms with E-state index in [1.807, 2.05) is 4.90 Å². The fraction of sp³-hybridized carbons (Fsp3) is 0.400. The molecule has 2 fully saturated rings. The standard InChI is InChI=1S/C35H38BNO4/c1-34(2)35(3,4)41-36(40-34)25-18-16-23(17-19-25)24-20-26-10-9-11-27(21-24)37(26)33(38)39-22-32-30-14-7-5-12-28(30)29-13-6-8-15-31(29)32/h5-8,12-20,26-27,32H,9-11,21-22H2,1-4H3. The van der Waals surface area contributed by atoms with E-state index in [0.29, 0.717) is 6.61 Å². The van der Waals surface area contributed by atoms with Gasteiger partial charge in [0.15, 0.2) is 0 Å². The molecule has 210 valence electrons. The zero-order valence-electron chi connectivity index (χ0n) is 24.4. The van der Waals surface area contributed by atoms with Crippen molar-refractivity contribution in [2.45, 2.75) is 82.6 Å². The van der Waals surface area contributed by atoms with Crippen LogP contribution < -0.4 is 5.46 Å². The van der Waals surface area contributed by atoms with Gasteiger partial charge in [-0.2, -0.15) is 0 Å². The number of fused-ring (bicyclic) bond motifs is 5. The number of rotatable bonds is 4. The van der Waals surface area contributed by atoms with Crippen molar-refractivity contribution >= 4 is 24.2 Å². The van der Waals surface area contributed by atoms with Gasteiger partial charge in [0.25, 0.3) is 0 Å². The molecule has 1 amide bonds. The molecule has 4 aliphatic rings. The molecule has 0 N–H and O–H groups in total. The molecule has 2 atom stereocenters. The van der Waals surface area contributed by atoms with Crippen LogP contribution in [0.15, 0.2) is 78.9 Å². The van der Waals surface area contributed by atoms with Gasteiger partial charge in [0.05, 0.1) is 17.2 Å². The zero-order chi connectivity index (χ0) is 28.4. The van der Waals surface area contributed by atoms with Crippen LogP contribution in [0.1, 0.15) is 76.0 Å². The first-order valence-electron chi connectivity index (χ1n) is 15.0. The summed E-state index contributed by atoms with van der Waals surface area (Å²) in [6.45, 7) is 8.68. The monoisotopic (exact) mass is 547 g/mol. The van der Waals surface area contributed by atoms with E-state index in [1.165, 1.54) is 33.4 Å². The van der Waals surface area contributed by atoms with Crippen molar-refractivity contribution < 1.29 is 18.8 Å². The van der Waals surface area contributed by atoms with Crippen LogP contribution in [0.2, 0.25) is 0 Å². The Balaban J connectivity index is 1.06. The first-order valence-corrected chi connectivity index (χ1v) is 15.0. The van der Waals surface area contributed by atoms with E-state index in [2.05, 4.69) is 107 Å². The van der Waals surface area contributed by atoms with Crippen LogP contribution in [0, 0.1) is 0 Å². The molecule has 0 spiro atoms. The van der Waals surface area contributed by atoms with Gasteiger partial charge in [0, 0.05) is 12.0 Å². The second kappa shape index (κ2) is 9.89. The number of nitrogens with zero attached hydrogens (tertiary/aromatic N) is 1. The fourth-order valence-corrected chi connectivity index (χ4v) is 7.03. The predicted molar refractivity (Wildman–Crippen MR) is 163 cm³/mol. The normalized spacial score (nSPS) is 24.0. The van der Waals surface area contributed by atoms with Crippen LogP contribution in [-0.2, 0) is 14.0 Å². The SMILES string of the molecule is CC1(C)OB(c2ccc(C3=CC4CCCC(C3)N4C(=O)OCC3c4ccccc4-c4ccccc43)cc2)OC1(C)C. The molecule has 6 heteroatoms. The molecule has 2 saturated heterocycles. The minimum Gasteiger partial charge on any atom is -0.448 e. The summed E-state index contributed by atoms with van der Waals surface area (Å²) in [5.74, 6) is 0.0737. The minimum atomic E-state index is -0.363. The number of piperidine rings is 1. The smallest absolute Gasteiger partial charge is 0.448 e. The summed E-state index contributed by atoms with van der Waals surface area (Å²) in [4.78, 5) is 15.6. The van der Waals surface area contributed by atoms with Crippen molar-refractivity contribution in [2.24, 2.45) is 0 Å². The highest BCUT2D eigenvalue weighted by Gasteiger charge is 2.51. The topological polar surface area (TPSA) is 48.0 Å². The van der Waals surface area contributed by atoms with Gasteiger partial charge in [0.2, 0.25) is 0 Å². The van der Waals surface area contributed by atoms with E-state index in [1.54, 1.807) is 0 Å². The van der Waals surface area contributed by atoms with E-state index in [9.17, 15) is 4.79 Å². The van der Waals surface area contributed by atoms with Crippen LogP contribution in [0.25, 0.3) is 16.7 Å². The first kappa shape index (κ1) is 26.5. The van der Waals surface area contributed by atoms with E-state index in [-0.39, 0.29) is 42.4 Å². The third kappa shape index (κ3) is 4.52. The van der Waals surface area contributed by atoms with Crippen molar-refractivity contribution in [3.05, 3.63) is 95.6 Å². The zero-order valence-corrected chi connectivity index (χ0v) is 24.4. The van der Waals surface area contributed by atoms with Crippen molar-refractivity contribution in [3.8, 4) is 11.1 Å². The average Bonchev–Trinajstić information content (AvgIpc) is 3.40. The third-order valence-corrected chi connectivity index (χ3v) is 9.99. The summed E-state index contributed by atoms with van der Waals surface area (Å²) in [5.41, 5.74) is 7.80. The maximum Gasteiger partial charge on any atom is 0.494 e. The van der Waals surface area contributed by atoms with Crippen molar-refractivity contribution in [1.82, 2.24) is 4.90 Å². The van der Waals surface area contributed by atoms with Crippen LogP contribution in [0.3, 0.4) is 0 Å². The minimum absolute atomic E-state index is 0.0657. The molecule has 5 nitrogen and oxygen atoms in total. The Bertz CT molecular complexity index is 1450. The number of ether oxygens (including phenoxy) is 1. The van der Waals surface area contributed by atoms with E-state index >= 15 is 0 Å². The Morgan fingerprint density at radius 1 is 0.878 bits per heavy atom. The molecule has 0 saturated carbocycles. The van der Waals surface area contributed by atoms with Gasteiger partial charge in [0.1, 0.15) is 6.61 Å². The van der Waals surface area contributed by atoms with Crippen molar-refractivity contribution in [1.29, 1.82) is 0 Å². The van der Waals surface area contributed by atoms with Gasteiger partial charge >= 0.3 is 13.2 Å². The molecule has 1 aliphatic carbocycles. The summed E-state index contributed by atoms with van der Waals surface area (Å²) in [7, 11) is -0.363. The highest BCUT2D eigenvalue weighted by molar-refractivity contribution is 6.62. The van der Waals surface area contributed by atoms with Crippen molar-refractivity contribution in [2.75, 3.05) is 6.61 Å². The van der Waals surface area contributed by atoms with Gasteiger partial charge in [-0.3, -0.25) is 4.90 Å². The van der Waals surface area contributed by atoms with Gasteiger partial charge < -0.3 is 14.0 Å². The Labute approximate surface area is 243 Å². The van der Waals surface area contributed by atoms with Gasteiger partial charge in [-0.15, -0.1) is 0 Å². The van der Waals surface area contributed by atoms with E-state index in [0.717, 1.165) is 31.1 Å². The van der Waals surface area contributed by atoms with Crippen LogP contribution in [0.5, 0.6) is 0 Å². The number of hydrogen-bond acceptors (Lipinski definition) is 4. The molecule has 3 heterocycles. The highest BCUT2D eigenvalue weighted by atomic mass is 16.7. The lowest BCUT2D eigenvalue weighted by Crippen LogP contribution is -2.51. The summed E-state index contributed by atoms with van der Waals surface area (Å²) < 4.78 is 18.6. The Morgan fingerprint density at radius 2 is 1.49 bits per heavy atom. The van der Waals surface area contributed by atoms with Crippen LogP contribution in [0.4, 0.5) is 4.79 Å². The van der Waals surface area contributed by atoms with Gasteiger partial charge in [-0.05, 0) is 92.2 Å². The number of benzene rings is 3. The molecule has 41 heavy (non-hydrogen) atoms. The molecule has 2 unspecified atom stereocenters. The quantitative estimate of drug-likeness (QED) is 0.332. The summed E-state index contributed by atoms with van der Waals surface area (Å²) in [5, 5.41) is 0. The Hall–Kier alpha value is -3.35.